The third-order valence-electron chi connectivity index (χ3n) is 3.99. The van der Waals surface area contributed by atoms with Crippen LogP contribution in [-0.2, 0) is 10.0 Å². The fourth-order valence-corrected chi connectivity index (χ4v) is 5.00. The van der Waals surface area contributed by atoms with E-state index in [0.717, 1.165) is 15.2 Å². The lowest BCUT2D eigenvalue weighted by Crippen LogP contribution is -2.14. The van der Waals surface area contributed by atoms with Crippen LogP contribution in [0.4, 0.5) is 5.69 Å². The van der Waals surface area contributed by atoms with Crippen LogP contribution in [0.5, 0.6) is 0 Å². The van der Waals surface area contributed by atoms with Crippen LogP contribution in [0, 0.1) is 0 Å². The molecule has 1 N–H and O–H groups in total. The topological polar surface area (TPSA) is 59.1 Å². The van der Waals surface area contributed by atoms with Crippen molar-refractivity contribution in [3.8, 4) is 0 Å². The molecule has 0 aliphatic carbocycles. The van der Waals surface area contributed by atoms with E-state index in [1.807, 2.05) is 60.7 Å². The lowest BCUT2D eigenvalue weighted by molar-refractivity contribution is 0.602. The normalized spacial score (nSPS) is 11.4. The number of hydrogen-bond acceptors (Lipinski definition) is 4. The maximum atomic E-state index is 13.1. The number of rotatable bonds is 5. The van der Waals surface area contributed by atoms with E-state index in [9.17, 15) is 8.42 Å². The molecule has 0 aliphatic rings. The number of aromatic nitrogens is 1. The first-order chi connectivity index (χ1) is 13.1. The maximum Gasteiger partial charge on any atom is 0.264 e. The highest BCUT2D eigenvalue weighted by Crippen LogP contribution is 2.34. The molecule has 0 fully saturated rings. The summed E-state index contributed by atoms with van der Waals surface area (Å²) in [5.74, 6) is 0. The fourth-order valence-electron chi connectivity index (χ4n) is 2.75. The zero-order chi connectivity index (χ0) is 18.7. The number of hydrogen-bond donors (Lipinski definition) is 1. The van der Waals surface area contributed by atoms with Crippen LogP contribution >= 0.6 is 11.8 Å². The summed E-state index contributed by atoms with van der Waals surface area (Å²) in [6, 6.07) is 26.0. The first kappa shape index (κ1) is 17.6. The molecule has 3 aromatic carbocycles. The zero-order valence-electron chi connectivity index (χ0n) is 14.2. The minimum atomic E-state index is -3.78. The Bertz CT molecular complexity index is 1190. The van der Waals surface area contributed by atoms with Crippen LogP contribution in [0.2, 0.25) is 0 Å². The number of nitrogens with zero attached hydrogens (tertiary/aromatic N) is 1. The van der Waals surface area contributed by atoms with Gasteiger partial charge in [-0.3, -0.25) is 9.71 Å². The molecule has 4 rings (SSSR count). The summed E-state index contributed by atoms with van der Waals surface area (Å²) in [6.07, 6.45) is 1.60. The molecule has 0 bridgehead atoms. The number of para-hydroxylation sites is 2. The van der Waals surface area contributed by atoms with Gasteiger partial charge >= 0.3 is 0 Å². The van der Waals surface area contributed by atoms with Gasteiger partial charge in [0, 0.05) is 21.4 Å². The Morgan fingerprint density at radius 3 is 2.37 bits per heavy atom. The molecule has 4 aromatic rings. The molecule has 134 valence electrons. The van der Waals surface area contributed by atoms with Crippen molar-refractivity contribution in [2.75, 3.05) is 4.72 Å². The van der Waals surface area contributed by atoms with Crippen molar-refractivity contribution in [3.05, 3.63) is 91.1 Å². The monoisotopic (exact) mass is 392 g/mol. The van der Waals surface area contributed by atoms with Gasteiger partial charge in [0.1, 0.15) is 4.90 Å². The first-order valence-electron chi connectivity index (χ1n) is 8.32. The van der Waals surface area contributed by atoms with E-state index in [2.05, 4.69) is 9.71 Å². The summed E-state index contributed by atoms with van der Waals surface area (Å²) < 4.78 is 28.8. The predicted octanol–water partition coefficient (Wildman–Crippen LogP) is 5.19. The lowest BCUT2D eigenvalue weighted by Gasteiger charge is -2.13. The highest BCUT2D eigenvalue weighted by Gasteiger charge is 2.19. The first-order valence-corrected chi connectivity index (χ1v) is 10.6. The van der Waals surface area contributed by atoms with Gasteiger partial charge in [0.2, 0.25) is 0 Å². The highest BCUT2D eigenvalue weighted by atomic mass is 32.2. The maximum absolute atomic E-state index is 13.1. The second kappa shape index (κ2) is 7.42. The number of fused-ring (bicyclic) bond motifs is 1. The van der Waals surface area contributed by atoms with Crippen LogP contribution in [-0.4, -0.2) is 13.4 Å². The largest absolute Gasteiger partial charge is 0.278 e. The van der Waals surface area contributed by atoms with Crippen molar-refractivity contribution < 1.29 is 8.42 Å². The van der Waals surface area contributed by atoms with Crippen LogP contribution in [0.1, 0.15) is 0 Å². The Balaban J connectivity index is 1.71. The average molecular weight is 393 g/mol. The third-order valence-corrected chi connectivity index (χ3v) is 6.47. The van der Waals surface area contributed by atoms with Crippen molar-refractivity contribution in [1.29, 1.82) is 0 Å². The van der Waals surface area contributed by atoms with Gasteiger partial charge in [0.25, 0.3) is 10.0 Å². The molecule has 27 heavy (non-hydrogen) atoms. The average Bonchev–Trinajstić information content (AvgIpc) is 2.70. The van der Waals surface area contributed by atoms with Crippen molar-refractivity contribution in [2.24, 2.45) is 0 Å². The summed E-state index contributed by atoms with van der Waals surface area (Å²) in [5, 5.41) is 0.785. The van der Waals surface area contributed by atoms with E-state index in [4.69, 9.17) is 0 Å². The van der Waals surface area contributed by atoms with Gasteiger partial charge in [0.15, 0.2) is 0 Å². The van der Waals surface area contributed by atoms with Gasteiger partial charge in [-0.15, -0.1) is 0 Å². The quantitative estimate of drug-likeness (QED) is 0.508. The van der Waals surface area contributed by atoms with E-state index >= 15 is 0 Å². The van der Waals surface area contributed by atoms with Crippen LogP contribution in [0.3, 0.4) is 0 Å². The minimum Gasteiger partial charge on any atom is -0.278 e. The van der Waals surface area contributed by atoms with Gasteiger partial charge in [-0.25, -0.2) is 8.42 Å². The number of sulfonamides is 1. The predicted molar refractivity (Wildman–Crippen MR) is 110 cm³/mol. The molecule has 0 atom stereocenters. The summed E-state index contributed by atoms with van der Waals surface area (Å²) >= 11 is 1.51. The van der Waals surface area contributed by atoms with Gasteiger partial charge in [-0.1, -0.05) is 60.3 Å². The molecule has 0 saturated carbocycles. The molecular formula is C21H16N2O2S2. The van der Waals surface area contributed by atoms with E-state index in [-0.39, 0.29) is 4.90 Å². The number of nitrogens with one attached hydrogen (secondary N) is 1. The van der Waals surface area contributed by atoms with Crippen molar-refractivity contribution in [1.82, 2.24) is 4.98 Å². The Labute approximate surface area is 162 Å². The van der Waals surface area contributed by atoms with E-state index < -0.39 is 10.0 Å². The zero-order valence-corrected chi connectivity index (χ0v) is 15.9. The van der Waals surface area contributed by atoms with Crippen LogP contribution in [0.25, 0.3) is 10.9 Å². The van der Waals surface area contributed by atoms with Gasteiger partial charge < -0.3 is 0 Å². The lowest BCUT2D eigenvalue weighted by atomic mass is 10.2. The molecule has 1 heterocycles. The van der Waals surface area contributed by atoms with Crippen molar-refractivity contribution in [2.45, 2.75) is 14.7 Å². The molecule has 0 unspecified atom stereocenters. The molecule has 4 nitrogen and oxygen atoms in total. The molecule has 6 heteroatoms. The van der Waals surface area contributed by atoms with Gasteiger partial charge in [-0.05, 0) is 36.4 Å². The Morgan fingerprint density at radius 1 is 0.778 bits per heavy atom. The fraction of sp³-hybridized carbons (Fsp3) is 0. The van der Waals surface area contributed by atoms with Gasteiger partial charge in [-0.2, -0.15) is 0 Å². The van der Waals surface area contributed by atoms with Crippen molar-refractivity contribution in [3.63, 3.8) is 0 Å². The molecule has 0 aliphatic heterocycles. The second-order valence-corrected chi connectivity index (χ2v) is 8.61. The van der Waals surface area contributed by atoms with Crippen LogP contribution < -0.4 is 4.72 Å². The molecule has 0 spiro atoms. The molecule has 0 radical (unpaired) electrons. The Kier molecular flexibility index (Phi) is 4.83. The summed E-state index contributed by atoms with van der Waals surface area (Å²) in [6.45, 7) is 0. The third kappa shape index (κ3) is 3.82. The van der Waals surface area contributed by atoms with Gasteiger partial charge in [0.05, 0.1) is 11.2 Å². The van der Waals surface area contributed by atoms with Crippen LogP contribution in [0.15, 0.2) is 106 Å². The molecular weight excluding hydrogens is 376 g/mol. The smallest absolute Gasteiger partial charge is 0.264 e. The summed E-state index contributed by atoms with van der Waals surface area (Å²) in [7, 11) is -3.78. The number of anilines is 1. The summed E-state index contributed by atoms with van der Waals surface area (Å²) in [4.78, 5) is 6.29. The molecule has 0 saturated heterocycles. The van der Waals surface area contributed by atoms with E-state index in [1.54, 1.807) is 30.5 Å². The Hall–Kier alpha value is -2.83. The number of pyridine rings is 1. The number of benzene rings is 3. The molecule has 1 aromatic heterocycles. The SMILES string of the molecule is O=S(=O)(Nc1ccccc1Sc1ccccc1)c1cccc2cccnc12. The standard InChI is InChI=1S/C21H16N2O2S2/c24-27(25,20-14-6-8-16-9-7-15-22-21(16)20)23-18-12-4-5-13-19(18)26-17-10-2-1-3-11-17/h1-15,23H. The Morgan fingerprint density at radius 2 is 1.52 bits per heavy atom. The minimum absolute atomic E-state index is 0.167. The highest BCUT2D eigenvalue weighted by molar-refractivity contribution is 7.99. The van der Waals surface area contributed by atoms with Crippen molar-refractivity contribution >= 4 is 38.4 Å². The van der Waals surface area contributed by atoms with E-state index in [1.165, 1.54) is 11.8 Å². The second-order valence-electron chi connectivity index (χ2n) is 5.85. The molecule has 0 amide bonds. The van der Waals surface area contributed by atoms with E-state index in [0.29, 0.717) is 11.2 Å². The summed E-state index contributed by atoms with van der Waals surface area (Å²) in [5.41, 5.74) is 1.000.